The van der Waals surface area contributed by atoms with Crippen molar-refractivity contribution in [3.63, 3.8) is 0 Å². The SMILES string of the molecule is COCCn1cc(C)nc1NC1CCN(C)CC1C. The highest BCUT2D eigenvalue weighted by atomic mass is 16.5. The summed E-state index contributed by atoms with van der Waals surface area (Å²) in [6.07, 6.45) is 3.26. The molecule has 2 heterocycles. The summed E-state index contributed by atoms with van der Waals surface area (Å²) in [5.41, 5.74) is 1.05. The zero-order valence-electron chi connectivity index (χ0n) is 12.5. The average molecular weight is 266 g/mol. The lowest BCUT2D eigenvalue weighted by Crippen LogP contribution is -2.43. The van der Waals surface area contributed by atoms with Gasteiger partial charge in [0.1, 0.15) is 0 Å². The summed E-state index contributed by atoms with van der Waals surface area (Å²) in [6, 6.07) is 0.513. The van der Waals surface area contributed by atoms with Crippen LogP contribution in [0.25, 0.3) is 0 Å². The Morgan fingerprint density at radius 1 is 1.53 bits per heavy atom. The van der Waals surface area contributed by atoms with Gasteiger partial charge in [-0.25, -0.2) is 4.98 Å². The highest BCUT2D eigenvalue weighted by Gasteiger charge is 2.25. The van der Waals surface area contributed by atoms with E-state index >= 15 is 0 Å². The van der Waals surface area contributed by atoms with Crippen LogP contribution < -0.4 is 5.32 Å². The molecule has 5 heteroatoms. The number of imidazole rings is 1. The minimum absolute atomic E-state index is 0.513. The standard InChI is InChI=1S/C14H26N4O/c1-11-9-17(3)6-5-13(11)16-14-15-12(2)10-18(14)7-8-19-4/h10-11,13H,5-9H2,1-4H3,(H,15,16). The monoisotopic (exact) mass is 266 g/mol. The van der Waals surface area contributed by atoms with Crippen LogP contribution in [0, 0.1) is 12.8 Å². The zero-order chi connectivity index (χ0) is 13.8. The number of likely N-dealkylation sites (tertiary alicyclic amines) is 1. The van der Waals surface area contributed by atoms with Crippen LogP contribution in [-0.4, -0.2) is 54.3 Å². The Labute approximate surface area is 116 Å². The highest BCUT2D eigenvalue weighted by Crippen LogP contribution is 2.20. The first kappa shape index (κ1) is 14.3. The summed E-state index contributed by atoms with van der Waals surface area (Å²) in [7, 11) is 3.92. The summed E-state index contributed by atoms with van der Waals surface area (Å²) < 4.78 is 7.31. The van der Waals surface area contributed by atoms with Crippen LogP contribution in [0.3, 0.4) is 0 Å². The van der Waals surface area contributed by atoms with E-state index in [4.69, 9.17) is 4.74 Å². The maximum absolute atomic E-state index is 5.15. The van der Waals surface area contributed by atoms with Gasteiger partial charge in [0.15, 0.2) is 0 Å². The molecule has 1 fully saturated rings. The lowest BCUT2D eigenvalue weighted by atomic mass is 9.94. The molecular formula is C14H26N4O. The van der Waals surface area contributed by atoms with Gasteiger partial charge in [-0.15, -0.1) is 0 Å². The third-order valence-corrected chi connectivity index (χ3v) is 3.86. The van der Waals surface area contributed by atoms with E-state index in [1.165, 1.54) is 6.42 Å². The van der Waals surface area contributed by atoms with Crippen molar-refractivity contribution in [2.45, 2.75) is 32.9 Å². The molecule has 1 aliphatic rings. The molecule has 0 radical (unpaired) electrons. The molecule has 1 N–H and O–H groups in total. The van der Waals surface area contributed by atoms with E-state index in [2.05, 4.69) is 39.9 Å². The summed E-state index contributed by atoms with van der Waals surface area (Å²) in [5.74, 6) is 1.63. The van der Waals surface area contributed by atoms with E-state index in [-0.39, 0.29) is 0 Å². The molecule has 2 atom stereocenters. The Kier molecular flexibility index (Phi) is 4.82. The van der Waals surface area contributed by atoms with Gasteiger partial charge in [-0.2, -0.15) is 0 Å². The quantitative estimate of drug-likeness (QED) is 0.879. The number of ether oxygens (including phenoxy) is 1. The van der Waals surface area contributed by atoms with Crippen molar-refractivity contribution in [2.24, 2.45) is 5.92 Å². The molecule has 0 spiro atoms. The maximum atomic E-state index is 5.15. The molecule has 0 amide bonds. The summed E-state index contributed by atoms with van der Waals surface area (Å²) in [6.45, 7) is 8.21. The molecule has 108 valence electrons. The van der Waals surface area contributed by atoms with Crippen molar-refractivity contribution in [1.29, 1.82) is 0 Å². The number of nitrogens with one attached hydrogen (secondary N) is 1. The van der Waals surface area contributed by atoms with Crippen LogP contribution in [0.4, 0.5) is 5.95 Å². The van der Waals surface area contributed by atoms with Gasteiger partial charge in [0.25, 0.3) is 0 Å². The van der Waals surface area contributed by atoms with Crippen molar-refractivity contribution in [2.75, 3.05) is 39.2 Å². The molecule has 1 aliphatic heterocycles. The second-order valence-electron chi connectivity index (χ2n) is 5.67. The second-order valence-corrected chi connectivity index (χ2v) is 5.67. The fourth-order valence-electron chi connectivity index (χ4n) is 2.76. The van der Waals surface area contributed by atoms with Gasteiger partial charge in [-0.3, -0.25) is 0 Å². The van der Waals surface area contributed by atoms with Crippen LogP contribution in [0.5, 0.6) is 0 Å². The van der Waals surface area contributed by atoms with E-state index in [9.17, 15) is 0 Å². The number of aryl methyl sites for hydroxylation is 1. The average Bonchev–Trinajstić information content (AvgIpc) is 2.70. The molecule has 2 unspecified atom stereocenters. The Bertz CT molecular complexity index is 404. The summed E-state index contributed by atoms with van der Waals surface area (Å²) in [4.78, 5) is 6.99. The number of hydrogen-bond acceptors (Lipinski definition) is 4. The molecule has 5 nitrogen and oxygen atoms in total. The molecule has 1 aromatic rings. The normalized spacial score (nSPS) is 24.6. The van der Waals surface area contributed by atoms with E-state index in [0.717, 1.165) is 31.3 Å². The first-order valence-electron chi connectivity index (χ1n) is 7.08. The number of nitrogens with zero attached hydrogens (tertiary/aromatic N) is 3. The van der Waals surface area contributed by atoms with Gasteiger partial charge in [0.05, 0.1) is 12.3 Å². The summed E-state index contributed by atoms with van der Waals surface area (Å²) >= 11 is 0. The van der Waals surface area contributed by atoms with Crippen LogP contribution >= 0.6 is 0 Å². The third kappa shape index (κ3) is 3.70. The molecule has 0 aromatic carbocycles. The molecule has 19 heavy (non-hydrogen) atoms. The van der Waals surface area contributed by atoms with Crippen LogP contribution in [-0.2, 0) is 11.3 Å². The van der Waals surface area contributed by atoms with Crippen LogP contribution in [0.15, 0.2) is 6.20 Å². The molecular weight excluding hydrogens is 240 g/mol. The lowest BCUT2D eigenvalue weighted by Gasteiger charge is -2.35. The Morgan fingerprint density at radius 3 is 3.00 bits per heavy atom. The largest absolute Gasteiger partial charge is 0.383 e. The molecule has 0 aliphatic carbocycles. The molecule has 1 saturated heterocycles. The van der Waals surface area contributed by atoms with Gasteiger partial charge in [-0.05, 0) is 32.9 Å². The smallest absolute Gasteiger partial charge is 0.203 e. The number of methoxy groups -OCH3 is 1. The van der Waals surface area contributed by atoms with E-state index in [1.807, 2.05) is 6.92 Å². The van der Waals surface area contributed by atoms with Gasteiger partial charge >= 0.3 is 0 Å². The number of piperidine rings is 1. The molecule has 2 rings (SSSR count). The number of aromatic nitrogens is 2. The van der Waals surface area contributed by atoms with Crippen molar-refractivity contribution < 1.29 is 4.74 Å². The van der Waals surface area contributed by atoms with Crippen molar-refractivity contribution in [3.8, 4) is 0 Å². The van der Waals surface area contributed by atoms with Gasteiger partial charge in [-0.1, -0.05) is 6.92 Å². The van der Waals surface area contributed by atoms with Crippen LogP contribution in [0.1, 0.15) is 19.0 Å². The molecule has 1 aromatic heterocycles. The fraction of sp³-hybridized carbons (Fsp3) is 0.786. The number of hydrogen-bond donors (Lipinski definition) is 1. The predicted molar refractivity (Wildman–Crippen MR) is 77.5 cm³/mol. The predicted octanol–water partition coefficient (Wildman–Crippen LogP) is 1.59. The maximum Gasteiger partial charge on any atom is 0.203 e. The minimum Gasteiger partial charge on any atom is -0.383 e. The Hall–Kier alpha value is -1.07. The number of anilines is 1. The zero-order valence-corrected chi connectivity index (χ0v) is 12.5. The van der Waals surface area contributed by atoms with Gasteiger partial charge in [0, 0.05) is 32.4 Å². The van der Waals surface area contributed by atoms with Gasteiger partial charge < -0.3 is 19.5 Å². The first-order chi connectivity index (χ1) is 9.10. The van der Waals surface area contributed by atoms with Gasteiger partial charge in [0.2, 0.25) is 5.95 Å². The Morgan fingerprint density at radius 2 is 2.32 bits per heavy atom. The Balaban J connectivity index is 2.01. The fourth-order valence-corrected chi connectivity index (χ4v) is 2.76. The van der Waals surface area contributed by atoms with E-state index < -0.39 is 0 Å². The number of rotatable bonds is 5. The topological polar surface area (TPSA) is 42.3 Å². The van der Waals surface area contributed by atoms with E-state index in [1.54, 1.807) is 7.11 Å². The second kappa shape index (κ2) is 6.39. The third-order valence-electron chi connectivity index (χ3n) is 3.86. The molecule has 0 saturated carbocycles. The lowest BCUT2D eigenvalue weighted by molar-refractivity contribution is 0.187. The van der Waals surface area contributed by atoms with Crippen molar-refractivity contribution >= 4 is 5.95 Å². The highest BCUT2D eigenvalue weighted by molar-refractivity contribution is 5.30. The van der Waals surface area contributed by atoms with Crippen molar-refractivity contribution in [1.82, 2.24) is 14.5 Å². The molecule has 0 bridgehead atoms. The minimum atomic E-state index is 0.513. The van der Waals surface area contributed by atoms with Crippen molar-refractivity contribution in [3.05, 3.63) is 11.9 Å². The van der Waals surface area contributed by atoms with Crippen LogP contribution in [0.2, 0.25) is 0 Å². The first-order valence-corrected chi connectivity index (χ1v) is 7.08. The summed E-state index contributed by atoms with van der Waals surface area (Å²) in [5, 5.41) is 3.62. The van der Waals surface area contributed by atoms with E-state index in [0.29, 0.717) is 18.6 Å².